The molecule has 1 saturated heterocycles. The first kappa shape index (κ1) is 18.3. The zero-order chi connectivity index (χ0) is 17.7. The molecular weight excluding hydrogens is 306 g/mol. The number of esters is 1. The van der Waals surface area contributed by atoms with Crippen molar-refractivity contribution in [2.75, 3.05) is 13.2 Å². The van der Waals surface area contributed by atoms with Gasteiger partial charge in [-0.3, -0.25) is 4.79 Å². The van der Waals surface area contributed by atoms with Crippen molar-refractivity contribution in [1.29, 1.82) is 0 Å². The number of piperidine rings is 1. The lowest BCUT2D eigenvalue weighted by molar-refractivity contribution is -0.156. The SMILES string of the molecule is Cc1cc(C)cc(OCC(=O)OCC(=O)N2[C@H](C)CCC[C@H]2C)c1. The minimum atomic E-state index is -0.528. The number of hydrogen-bond donors (Lipinski definition) is 0. The Morgan fingerprint density at radius 1 is 1.04 bits per heavy atom. The molecule has 5 nitrogen and oxygen atoms in total. The summed E-state index contributed by atoms with van der Waals surface area (Å²) >= 11 is 0. The van der Waals surface area contributed by atoms with Crippen molar-refractivity contribution in [3.05, 3.63) is 29.3 Å². The highest BCUT2D eigenvalue weighted by Gasteiger charge is 2.29. The molecule has 1 heterocycles. The second-order valence-electron chi connectivity index (χ2n) is 6.70. The van der Waals surface area contributed by atoms with Crippen LogP contribution in [0.2, 0.25) is 0 Å². The number of aryl methyl sites for hydroxylation is 2. The van der Waals surface area contributed by atoms with Crippen LogP contribution in [-0.2, 0) is 14.3 Å². The van der Waals surface area contributed by atoms with Crippen LogP contribution in [0, 0.1) is 13.8 Å². The number of likely N-dealkylation sites (tertiary alicyclic amines) is 1. The third kappa shape index (κ3) is 4.98. The van der Waals surface area contributed by atoms with Crippen molar-refractivity contribution < 1.29 is 19.1 Å². The highest BCUT2D eigenvalue weighted by molar-refractivity contribution is 5.81. The van der Waals surface area contributed by atoms with E-state index in [4.69, 9.17) is 9.47 Å². The molecule has 0 aromatic heterocycles. The van der Waals surface area contributed by atoms with Crippen LogP contribution < -0.4 is 4.74 Å². The van der Waals surface area contributed by atoms with Crippen molar-refractivity contribution in [2.45, 2.75) is 59.0 Å². The van der Waals surface area contributed by atoms with E-state index in [0.717, 1.165) is 30.4 Å². The molecular formula is C19H27NO4. The summed E-state index contributed by atoms with van der Waals surface area (Å²) in [6.45, 7) is 7.61. The molecule has 1 aromatic rings. The molecule has 2 atom stereocenters. The maximum atomic E-state index is 12.3. The van der Waals surface area contributed by atoms with E-state index in [2.05, 4.69) is 0 Å². The first-order chi connectivity index (χ1) is 11.4. The molecule has 0 N–H and O–H groups in total. The van der Waals surface area contributed by atoms with Gasteiger partial charge in [-0.05, 0) is 70.2 Å². The highest BCUT2D eigenvalue weighted by Crippen LogP contribution is 2.22. The van der Waals surface area contributed by atoms with Gasteiger partial charge in [-0.25, -0.2) is 4.79 Å². The van der Waals surface area contributed by atoms with Gasteiger partial charge in [0.15, 0.2) is 13.2 Å². The Bertz CT molecular complexity index is 569. The standard InChI is InChI=1S/C19H27NO4/c1-13-8-14(2)10-17(9-13)23-12-19(22)24-11-18(21)20-15(3)6-5-7-16(20)4/h8-10,15-16H,5-7,11-12H2,1-4H3/t15-,16-/m1/s1. The molecule has 5 heteroatoms. The van der Waals surface area contributed by atoms with E-state index in [0.29, 0.717) is 5.75 Å². The molecule has 0 aliphatic carbocycles. The molecule has 0 radical (unpaired) electrons. The summed E-state index contributed by atoms with van der Waals surface area (Å²) in [5.74, 6) is -0.0247. The van der Waals surface area contributed by atoms with Crippen molar-refractivity contribution in [3.8, 4) is 5.75 Å². The van der Waals surface area contributed by atoms with Gasteiger partial charge in [-0.1, -0.05) is 6.07 Å². The van der Waals surface area contributed by atoms with Crippen molar-refractivity contribution in [2.24, 2.45) is 0 Å². The van der Waals surface area contributed by atoms with Gasteiger partial charge in [-0.2, -0.15) is 0 Å². The fourth-order valence-corrected chi connectivity index (χ4v) is 3.33. The second kappa shape index (κ2) is 8.18. The van der Waals surface area contributed by atoms with E-state index in [1.807, 2.05) is 50.8 Å². The summed E-state index contributed by atoms with van der Waals surface area (Å²) in [6.07, 6.45) is 3.13. The number of nitrogens with zero attached hydrogens (tertiary/aromatic N) is 1. The average Bonchev–Trinajstić information content (AvgIpc) is 2.50. The summed E-state index contributed by atoms with van der Waals surface area (Å²) in [5, 5.41) is 0. The monoisotopic (exact) mass is 333 g/mol. The van der Waals surface area contributed by atoms with Crippen LogP contribution in [-0.4, -0.2) is 42.1 Å². The van der Waals surface area contributed by atoms with Gasteiger partial charge in [0.2, 0.25) is 0 Å². The van der Waals surface area contributed by atoms with Gasteiger partial charge in [0.1, 0.15) is 5.75 Å². The Labute approximate surface area is 143 Å². The van der Waals surface area contributed by atoms with Crippen LogP contribution in [0.1, 0.15) is 44.2 Å². The Balaban J connectivity index is 1.79. The van der Waals surface area contributed by atoms with E-state index in [9.17, 15) is 9.59 Å². The largest absolute Gasteiger partial charge is 0.482 e. The maximum absolute atomic E-state index is 12.3. The maximum Gasteiger partial charge on any atom is 0.344 e. The quantitative estimate of drug-likeness (QED) is 0.777. The van der Waals surface area contributed by atoms with Crippen LogP contribution in [0.5, 0.6) is 5.75 Å². The fourth-order valence-electron chi connectivity index (χ4n) is 3.33. The Kier molecular flexibility index (Phi) is 6.23. The number of carbonyl (C=O) groups excluding carboxylic acids is 2. The van der Waals surface area contributed by atoms with E-state index in [1.54, 1.807) is 0 Å². The third-order valence-corrected chi connectivity index (χ3v) is 4.39. The van der Waals surface area contributed by atoms with E-state index < -0.39 is 5.97 Å². The molecule has 0 bridgehead atoms. The zero-order valence-electron chi connectivity index (χ0n) is 15.0. The van der Waals surface area contributed by atoms with Gasteiger partial charge < -0.3 is 14.4 Å². The summed E-state index contributed by atoms with van der Waals surface area (Å²) in [6, 6.07) is 6.16. The van der Waals surface area contributed by atoms with Gasteiger partial charge in [0.05, 0.1) is 0 Å². The number of rotatable bonds is 5. The molecule has 1 aromatic carbocycles. The summed E-state index contributed by atoms with van der Waals surface area (Å²) < 4.78 is 10.5. The van der Waals surface area contributed by atoms with Crippen LogP contribution >= 0.6 is 0 Å². The fraction of sp³-hybridized carbons (Fsp3) is 0.579. The van der Waals surface area contributed by atoms with Crippen LogP contribution in [0.4, 0.5) is 0 Å². The lowest BCUT2D eigenvalue weighted by atomic mass is 9.97. The number of ether oxygens (including phenoxy) is 2. The molecule has 132 valence electrons. The Morgan fingerprint density at radius 3 is 2.21 bits per heavy atom. The van der Waals surface area contributed by atoms with Gasteiger partial charge in [0, 0.05) is 12.1 Å². The predicted molar refractivity (Wildman–Crippen MR) is 92.0 cm³/mol. The van der Waals surface area contributed by atoms with Crippen LogP contribution in [0.15, 0.2) is 18.2 Å². The lowest BCUT2D eigenvalue weighted by Crippen LogP contribution is -2.49. The summed E-state index contributed by atoms with van der Waals surface area (Å²) in [4.78, 5) is 25.9. The van der Waals surface area contributed by atoms with Crippen LogP contribution in [0.25, 0.3) is 0 Å². The molecule has 1 aliphatic heterocycles. The third-order valence-electron chi connectivity index (χ3n) is 4.39. The van der Waals surface area contributed by atoms with Gasteiger partial charge in [-0.15, -0.1) is 0 Å². The number of carbonyl (C=O) groups is 2. The Morgan fingerprint density at radius 2 is 1.62 bits per heavy atom. The number of benzene rings is 1. The minimum absolute atomic E-state index is 0.130. The normalized spacial score (nSPS) is 20.6. The first-order valence-electron chi connectivity index (χ1n) is 8.54. The molecule has 24 heavy (non-hydrogen) atoms. The van der Waals surface area contributed by atoms with E-state index >= 15 is 0 Å². The average molecular weight is 333 g/mol. The Hall–Kier alpha value is -2.04. The lowest BCUT2D eigenvalue weighted by Gasteiger charge is -2.38. The summed E-state index contributed by atoms with van der Waals surface area (Å²) in [7, 11) is 0. The molecule has 2 rings (SSSR count). The second-order valence-corrected chi connectivity index (χ2v) is 6.70. The van der Waals surface area contributed by atoms with Crippen molar-refractivity contribution >= 4 is 11.9 Å². The molecule has 0 unspecified atom stereocenters. The number of hydrogen-bond acceptors (Lipinski definition) is 4. The van der Waals surface area contributed by atoms with Crippen molar-refractivity contribution in [3.63, 3.8) is 0 Å². The topological polar surface area (TPSA) is 55.8 Å². The van der Waals surface area contributed by atoms with E-state index in [-0.39, 0.29) is 31.2 Å². The van der Waals surface area contributed by atoms with Gasteiger partial charge >= 0.3 is 5.97 Å². The highest BCUT2D eigenvalue weighted by atomic mass is 16.6. The zero-order valence-corrected chi connectivity index (χ0v) is 15.0. The first-order valence-corrected chi connectivity index (χ1v) is 8.54. The summed E-state index contributed by atoms with van der Waals surface area (Å²) in [5.41, 5.74) is 2.14. The molecule has 1 amide bonds. The number of amides is 1. The van der Waals surface area contributed by atoms with E-state index in [1.165, 1.54) is 0 Å². The molecule has 0 spiro atoms. The van der Waals surface area contributed by atoms with Crippen molar-refractivity contribution in [1.82, 2.24) is 4.90 Å². The van der Waals surface area contributed by atoms with Gasteiger partial charge in [0.25, 0.3) is 5.91 Å². The molecule has 0 saturated carbocycles. The molecule has 1 aliphatic rings. The van der Waals surface area contributed by atoms with Crippen LogP contribution in [0.3, 0.4) is 0 Å². The molecule has 1 fully saturated rings. The smallest absolute Gasteiger partial charge is 0.344 e. The predicted octanol–water partition coefficient (Wildman–Crippen LogP) is 3.01. The minimum Gasteiger partial charge on any atom is -0.482 e.